The van der Waals surface area contributed by atoms with Gasteiger partial charge in [-0.25, -0.2) is 0 Å². The molecule has 0 aromatic heterocycles. The average Bonchev–Trinajstić information content (AvgIpc) is 3.03. The monoisotopic (exact) mass is 649 g/mol. The van der Waals surface area contributed by atoms with Crippen LogP contribution in [0.3, 0.4) is 0 Å². The molecule has 214 valence electrons. The van der Waals surface area contributed by atoms with Crippen LogP contribution in [0.2, 0.25) is 0 Å². The van der Waals surface area contributed by atoms with Gasteiger partial charge < -0.3 is 16.0 Å². The van der Waals surface area contributed by atoms with Gasteiger partial charge in [0.25, 0.3) is 11.8 Å². The molecule has 43 heavy (non-hydrogen) atoms. The van der Waals surface area contributed by atoms with Gasteiger partial charge in [0.05, 0.1) is 10.9 Å². The standard InChI is InChI=1S/C35H28BrN3O3S/c1-23(33(40)38-31-17-8-7-16-30(31)36)43-28-20-18-27(19-21-28)37-35(42)32(39-34(41)25-11-3-2-4-12-25)22-26-14-9-13-24-10-5-6-15-29(24)26/h2-23H,1H3,(H,37,42)(H,38,40)(H,39,41)/b32-22-. The molecule has 0 saturated heterocycles. The highest BCUT2D eigenvalue weighted by Crippen LogP contribution is 2.28. The van der Waals surface area contributed by atoms with Gasteiger partial charge in [-0.3, -0.25) is 14.4 Å². The van der Waals surface area contributed by atoms with E-state index in [0.29, 0.717) is 16.9 Å². The number of para-hydroxylation sites is 1. The van der Waals surface area contributed by atoms with Gasteiger partial charge >= 0.3 is 0 Å². The Bertz CT molecular complexity index is 1800. The molecule has 3 amide bonds. The van der Waals surface area contributed by atoms with E-state index < -0.39 is 5.91 Å². The number of thioether (sulfide) groups is 1. The number of hydrogen-bond donors (Lipinski definition) is 3. The zero-order valence-electron chi connectivity index (χ0n) is 23.2. The van der Waals surface area contributed by atoms with Gasteiger partial charge in [0.1, 0.15) is 5.70 Å². The molecule has 5 rings (SSSR count). The van der Waals surface area contributed by atoms with Crippen molar-refractivity contribution in [3.05, 3.63) is 143 Å². The van der Waals surface area contributed by atoms with Crippen molar-refractivity contribution in [1.82, 2.24) is 5.32 Å². The Morgan fingerprint density at radius 1 is 0.744 bits per heavy atom. The normalized spacial score (nSPS) is 11.9. The van der Waals surface area contributed by atoms with Crippen molar-refractivity contribution in [2.45, 2.75) is 17.1 Å². The highest BCUT2D eigenvalue weighted by Gasteiger charge is 2.18. The molecule has 0 aliphatic heterocycles. The molecule has 3 N–H and O–H groups in total. The van der Waals surface area contributed by atoms with Crippen LogP contribution >= 0.6 is 27.7 Å². The number of rotatable bonds is 9. The Balaban J connectivity index is 1.31. The minimum Gasteiger partial charge on any atom is -0.324 e. The molecule has 5 aromatic carbocycles. The van der Waals surface area contributed by atoms with Crippen LogP contribution in [0.4, 0.5) is 11.4 Å². The third kappa shape index (κ3) is 7.80. The number of benzene rings is 5. The SMILES string of the molecule is CC(Sc1ccc(NC(=O)/C(=C/c2cccc3ccccc23)NC(=O)c2ccccc2)cc1)C(=O)Nc1ccccc1Br. The van der Waals surface area contributed by atoms with E-state index in [4.69, 9.17) is 0 Å². The van der Waals surface area contributed by atoms with Crippen molar-refractivity contribution >= 4 is 73.6 Å². The summed E-state index contributed by atoms with van der Waals surface area (Å²) in [4.78, 5) is 40.1. The zero-order valence-corrected chi connectivity index (χ0v) is 25.6. The zero-order chi connectivity index (χ0) is 30.2. The summed E-state index contributed by atoms with van der Waals surface area (Å²) in [6, 6.07) is 37.1. The lowest BCUT2D eigenvalue weighted by Gasteiger charge is -2.14. The first-order valence-electron chi connectivity index (χ1n) is 13.6. The van der Waals surface area contributed by atoms with Crippen LogP contribution in [0.25, 0.3) is 16.8 Å². The fraction of sp³-hybridized carbons (Fsp3) is 0.0571. The van der Waals surface area contributed by atoms with Crippen LogP contribution in [0.5, 0.6) is 0 Å². The Hall–Kier alpha value is -4.66. The molecule has 0 fully saturated rings. The van der Waals surface area contributed by atoms with Crippen LogP contribution in [0.15, 0.2) is 136 Å². The summed E-state index contributed by atoms with van der Waals surface area (Å²) in [5.74, 6) is -0.964. The van der Waals surface area contributed by atoms with Crippen LogP contribution in [0, 0.1) is 0 Å². The Morgan fingerprint density at radius 2 is 1.42 bits per heavy atom. The van der Waals surface area contributed by atoms with Crippen LogP contribution < -0.4 is 16.0 Å². The second kappa shape index (κ2) is 14.0. The van der Waals surface area contributed by atoms with E-state index >= 15 is 0 Å². The number of carbonyl (C=O) groups is 3. The molecule has 8 heteroatoms. The lowest BCUT2D eigenvalue weighted by atomic mass is 10.0. The highest BCUT2D eigenvalue weighted by atomic mass is 79.9. The van der Waals surface area contributed by atoms with Gasteiger partial charge in [-0.2, -0.15) is 0 Å². The summed E-state index contributed by atoms with van der Waals surface area (Å²) < 4.78 is 0.814. The summed E-state index contributed by atoms with van der Waals surface area (Å²) in [6.07, 6.45) is 1.69. The number of nitrogens with one attached hydrogen (secondary N) is 3. The second-order valence-corrected chi connectivity index (χ2v) is 11.9. The van der Waals surface area contributed by atoms with Crippen LogP contribution in [0.1, 0.15) is 22.8 Å². The molecule has 1 unspecified atom stereocenters. The van der Waals surface area contributed by atoms with E-state index in [1.165, 1.54) is 11.8 Å². The number of hydrogen-bond acceptors (Lipinski definition) is 4. The summed E-state index contributed by atoms with van der Waals surface area (Å²) in [5.41, 5.74) is 2.62. The van der Waals surface area contributed by atoms with E-state index in [-0.39, 0.29) is 22.8 Å². The summed E-state index contributed by atoms with van der Waals surface area (Å²) >= 11 is 4.86. The maximum absolute atomic E-state index is 13.5. The molecule has 0 bridgehead atoms. The van der Waals surface area contributed by atoms with Crippen LogP contribution in [-0.2, 0) is 9.59 Å². The average molecular weight is 651 g/mol. The maximum atomic E-state index is 13.5. The molecule has 0 heterocycles. The van der Waals surface area contributed by atoms with Crippen molar-refractivity contribution in [1.29, 1.82) is 0 Å². The molecule has 0 saturated carbocycles. The summed E-state index contributed by atoms with van der Waals surface area (Å²) in [7, 11) is 0. The lowest BCUT2D eigenvalue weighted by molar-refractivity contribution is -0.115. The largest absolute Gasteiger partial charge is 0.324 e. The minimum absolute atomic E-state index is 0.112. The first kappa shape index (κ1) is 29.8. The number of amides is 3. The minimum atomic E-state index is -0.459. The molecule has 0 radical (unpaired) electrons. The van der Waals surface area contributed by atoms with Crippen molar-refractivity contribution < 1.29 is 14.4 Å². The van der Waals surface area contributed by atoms with E-state index in [1.807, 2.05) is 91.9 Å². The smallest absolute Gasteiger partial charge is 0.272 e. The molecule has 5 aromatic rings. The summed E-state index contributed by atoms with van der Waals surface area (Å²) in [6.45, 7) is 1.84. The Morgan fingerprint density at radius 3 is 2.19 bits per heavy atom. The van der Waals surface area contributed by atoms with Gasteiger partial charge in [-0.05, 0) is 93.8 Å². The van der Waals surface area contributed by atoms with E-state index in [2.05, 4.69) is 31.9 Å². The summed E-state index contributed by atoms with van der Waals surface area (Å²) in [5, 5.41) is 10.3. The third-order valence-electron chi connectivity index (χ3n) is 6.58. The maximum Gasteiger partial charge on any atom is 0.272 e. The molecule has 0 aliphatic carbocycles. The molecule has 6 nitrogen and oxygen atoms in total. The Labute approximate surface area is 262 Å². The fourth-order valence-electron chi connectivity index (χ4n) is 4.34. The number of halogens is 1. The number of anilines is 2. The van der Waals surface area contributed by atoms with Gasteiger partial charge in [0.15, 0.2) is 0 Å². The van der Waals surface area contributed by atoms with Crippen molar-refractivity contribution in [3.63, 3.8) is 0 Å². The molecule has 0 spiro atoms. The molecule has 0 aliphatic rings. The quantitative estimate of drug-likeness (QED) is 0.111. The molecular formula is C35H28BrN3O3S. The molecule has 1 atom stereocenters. The number of carbonyl (C=O) groups excluding carboxylic acids is 3. The third-order valence-corrected chi connectivity index (χ3v) is 8.38. The first-order valence-corrected chi connectivity index (χ1v) is 15.2. The molecular weight excluding hydrogens is 622 g/mol. The van der Waals surface area contributed by atoms with E-state index in [1.54, 1.807) is 42.5 Å². The highest BCUT2D eigenvalue weighted by molar-refractivity contribution is 9.10. The number of fused-ring (bicyclic) bond motifs is 1. The van der Waals surface area contributed by atoms with Crippen LogP contribution in [-0.4, -0.2) is 23.0 Å². The van der Waals surface area contributed by atoms with E-state index in [9.17, 15) is 14.4 Å². The van der Waals surface area contributed by atoms with Gasteiger partial charge in [0.2, 0.25) is 5.91 Å². The predicted molar refractivity (Wildman–Crippen MR) is 179 cm³/mol. The topological polar surface area (TPSA) is 87.3 Å². The van der Waals surface area contributed by atoms with Crippen molar-refractivity contribution in [2.24, 2.45) is 0 Å². The first-order chi connectivity index (χ1) is 20.9. The van der Waals surface area contributed by atoms with Gasteiger partial charge in [0, 0.05) is 20.6 Å². The fourth-order valence-corrected chi connectivity index (χ4v) is 5.60. The van der Waals surface area contributed by atoms with Gasteiger partial charge in [-0.15, -0.1) is 11.8 Å². The Kier molecular flexibility index (Phi) is 9.71. The van der Waals surface area contributed by atoms with Gasteiger partial charge in [-0.1, -0.05) is 72.8 Å². The lowest BCUT2D eigenvalue weighted by Crippen LogP contribution is -2.30. The van der Waals surface area contributed by atoms with E-state index in [0.717, 1.165) is 25.7 Å². The second-order valence-electron chi connectivity index (χ2n) is 9.65. The van der Waals surface area contributed by atoms with Crippen molar-refractivity contribution in [3.8, 4) is 0 Å². The predicted octanol–water partition coefficient (Wildman–Crippen LogP) is 8.13. The van der Waals surface area contributed by atoms with Crippen molar-refractivity contribution in [2.75, 3.05) is 10.6 Å².